The largest absolute Gasteiger partial charge is 0.508 e. The normalized spacial score (nSPS) is 28.1. The van der Waals surface area contributed by atoms with Gasteiger partial charge in [0.05, 0.1) is 31.5 Å². The number of phenols is 1. The summed E-state index contributed by atoms with van der Waals surface area (Å²) in [7, 11) is 2.85. The van der Waals surface area contributed by atoms with E-state index in [0.29, 0.717) is 36.8 Å². The van der Waals surface area contributed by atoms with E-state index in [1.807, 2.05) is 13.8 Å². The molecular weight excluding hydrogens is 746 g/mol. The summed E-state index contributed by atoms with van der Waals surface area (Å²) in [4.78, 5) is 59.3. The van der Waals surface area contributed by atoms with Gasteiger partial charge in [-0.3, -0.25) is 29.0 Å². The topological polar surface area (TPSA) is 210 Å². The van der Waals surface area contributed by atoms with Crippen LogP contribution in [0.2, 0.25) is 0 Å². The maximum atomic E-state index is 14.3. The van der Waals surface area contributed by atoms with E-state index < -0.39 is 78.1 Å². The van der Waals surface area contributed by atoms with Crippen LogP contribution in [0.15, 0.2) is 72.4 Å². The average Bonchev–Trinajstić information content (AvgIpc) is 3.19. The summed E-state index contributed by atoms with van der Waals surface area (Å²) in [6, 6.07) is 3.66. The highest BCUT2D eigenvalue weighted by atomic mass is 16.7. The molecule has 9 unspecified atom stereocenters. The van der Waals surface area contributed by atoms with Gasteiger partial charge in [0.2, 0.25) is 5.91 Å². The summed E-state index contributed by atoms with van der Waals surface area (Å²) in [6.45, 7) is 9.34. The Hall–Kier alpha value is -4.38. The van der Waals surface area contributed by atoms with Crippen molar-refractivity contribution < 1.29 is 49.2 Å². The molecular formula is C43H65N5O10. The summed E-state index contributed by atoms with van der Waals surface area (Å²) in [5.74, 6) is -3.23. The minimum atomic E-state index is -1.09. The van der Waals surface area contributed by atoms with E-state index in [2.05, 4.69) is 16.1 Å². The molecule has 2 bridgehead atoms. The van der Waals surface area contributed by atoms with Gasteiger partial charge < -0.3 is 35.8 Å². The fraction of sp³-hybridized carbons (Fsp3) is 0.581. The van der Waals surface area contributed by atoms with Crippen LogP contribution < -0.4 is 16.1 Å². The lowest BCUT2D eigenvalue weighted by Gasteiger charge is -2.36. The molecule has 0 radical (unpaired) electrons. The minimum absolute atomic E-state index is 0.00472. The van der Waals surface area contributed by atoms with Crippen LogP contribution in [0, 0.1) is 17.8 Å². The number of amides is 3. The lowest BCUT2D eigenvalue weighted by atomic mass is 9.84. The Labute approximate surface area is 342 Å². The number of phenolic OH excluding ortho intramolecular Hbond substituents is 1. The number of fused-ring (bicyclic) bond motifs is 2. The fourth-order valence-corrected chi connectivity index (χ4v) is 6.84. The summed E-state index contributed by atoms with van der Waals surface area (Å²) in [6.07, 6.45) is 9.72. The van der Waals surface area contributed by atoms with E-state index in [1.54, 1.807) is 63.3 Å². The molecule has 0 spiro atoms. The molecule has 58 heavy (non-hydrogen) atoms. The van der Waals surface area contributed by atoms with Crippen LogP contribution in [-0.2, 0) is 35.2 Å². The molecule has 1 aromatic rings. The van der Waals surface area contributed by atoms with Crippen molar-refractivity contribution in [2.24, 2.45) is 17.8 Å². The molecule has 2 aliphatic heterocycles. The number of carbonyl (C=O) groups excluding carboxylic acids is 4. The molecule has 9 atom stereocenters. The Kier molecular flexibility index (Phi) is 19.8. The number of aliphatic hydroxyl groups excluding tert-OH is 3. The Morgan fingerprint density at radius 1 is 1.16 bits per heavy atom. The number of hydrogen-bond acceptors (Lipinski definition) is 12. The molecule has 322 valence electrons. The zero-order chi connectivity index (χ0) is 42.9. The van der Waals surface area contributed by atoms with Crippen LogP contribution in [-0.4, -0.2) is 124 Å². The van der Waals surface area contributed by atoms with Gasteiger partial charge in [-0.15, -0.1) is 0 Å². The third kappa shape index (κ3) is 15.1. The number of aromatic hydroxyl groups is 1. The first kappa shape index (κ1) is 48.0. The Morgan fingerprint density at radius 2 is 1.90 bits per heavy atom. The van der Waals surface area contributed by atoms with Crippen LogP contribution in [0.25, 0.3) is 0 Å². The SMILES string of the molecule is CON(C)C(=O)C=CC=C(C)C1CC=CC=CC(O)C(C)C(O)C(CCC(C)O)CNC(C(C)C)C(=O)NC(Cc2cccc(O)c2)C(=O)N2CCCC(N2)C(=O)O1. The van der Waals surface area contributed by atoms with Gasteiger partial charge in [0.25, 0.3) is 11.8 Å². The molecule has 1 aromatic carbocycles. The van der Waals surface area contributed by atoms with E-state index in [0.717, 1.165) is 5.06 Å². The number of nitrogens with zero attached hydrogens (tertiary/aromatic N) is 2. The van der Waals surface area contributed by atoms with Gasteiger partial charge in [0.15, 0.2) is 0 Å². The van der Waals surface area contributed by atoms with Crippen molar-refractivity contribution in [2.75, 3.05) is 27.2 Å². The molecule has 3 rings (SSSR count). The van der Waals surface area contributed by atoms with Crippen molar-refractivity contribution in [3.05, 3.63) is 77.9 Å². The molecule has 3 amide bonds. The predicted molar refractivity (Wildman–Crippen MR) is 219 cm³/mol. The number of benzene rings is 1. The number of likely N-dealkylation sites (N-methyl/N-ethyl adjacent to an activating group) is 1. The molecule has 15 nitrogen and oxygen atoms in total. The van der Waals surface area contributed by atoms with Gasteiger partial charge in [-0.05, 0) is 74.6 Å². The van der Waals surface area contributed by atoms with E-state index in [9.17, 15) is 39.6 Å². The minimum Gasteiger partial charge on any atom is -0.508 e. The number of rotatable bonds is 10. The van der Waals surface area contributed by atoms with Crippen LogP contribution in [0.1, 0.15) is 72.3 Å². The highest BCUT2D eigenvalue weighted by Crippen LogP contribution is 2.24. The second-order valence-corrected chi connectivity index (χ2v) is 15.7. The molecule has 0 saturated carbocycles. The van der Waals surface area contributed by atoms with Gasteiger partial charge in [-0.1, -0.05) is 69.4 Å². The first-order chi connectivity index (χ1) is 27.5. The first-order valence-corrected chi connectivity index (χ1v) is 20.2. The molecule has 0 aliphatic carbocycles. The molecule has 2 heterocycles. The Morgan fingerprint density at radius 3 is 2.57 bits per heavy atom. The van der Waals surface area contributed by atoms with Gasteiger partial charge in [0, 0.05) is 45.0 Å². The summed E-state index contributed by atoms with van der Waals surface area (Å²) in [5.41, 5.74) is 4.27. The molecule has 2 aliphatic rings. The molecule has 15 heteroatoms. The van der Waals surface area contributed by atoms with E-state index in [-0.39, 0.29) is 37.6 Å². The van der Waals surface area contributed by atoms with Gasteiger partial charge in [-0.25, -0.2) is 10.5 Å². The highest BCUT2D eigenvalue weighted by Gasteiger charge is 2.36. The lowest BCUT2D eigenvalue weighted by Crippen LogP contribution is -2.62. The van der Waals surface area contributed by atoms with E-state index in [1.165, 1.54) is 43.5 Å². The number of hydroxylamine groups is 2. The number of hydrazine groups is 1. The number of nitrogens with one attached hydrogen (secondary N) is 3. The van der Waals surface area contributed by atoms with Gasteiger partial charge >= 0.3 is 5.97 Å². The smallest absolute Gasteiger partial charge is 0.325 e. The van der Waals surface area contributed by atoms with Gasteiger partial charge in [0.1, 0.15) is 23.9 Å². The maximum absolute atomic E-state index is 14.3. The lowest BCUT2D eigenvalue weighted by molar-refractivity contribution is -0.162. The second-order valence-electron chi connectivity index (χ2n) is 15.7. The van der Waals surface area contributed by atoms with Crippen LogP contribution >= 0.6 is 0 Å². The fourth-order valence-electron chi connectivity index (χ4n) is 6.84. The number of aliphatic hydroxyl groups is 3. The van der Waals surface area contributed by atoms with Crippen molar-refractivity contribution in [3.8, 4) is 5.75 Å². The Bertz CT molecular complexity index is 1630. The predicted octanol–water partition coefficient (Wildman–Crippen LogP) is 2.61. The second kappa shape index (κ2) is 23.9. The zero-order valence-corrected chi connectivity index (χ0v) is 34.9. The van der Waals surface area contributed by atoms with Crippen molar-refractivity contribution in [3.63, 3.8) is 0 Å². The van der Waals surface area contributed by atoms with E-state index >= 15 is 0 Å². The number of carbonyl (C=O) groups is 4. The maximum Gasteiger partial charge on any atom is 0.325 e. The van der Waals surface area contributed by atoms with Crippen LogP contribution in [0.3, 0.4) is 0 Å². The first-order valence-electron chi connectivity index (χ1n) is 20.2. The van der Waals surface area contributed by atoms with Crippen molar-refractivity contribution in [1.29, 1.82) is 0 Å². The quantitative estimate of drug-likeness (QED) is 0.0788. The highest BCUT2D eigenvalue weighted by molar-refractivity contribution is 5.90. The monoisotopic (exact) mass is 811 g/mol. The van der Waals surface area contributed by atoms with E-state index in [4.69, 9.17) is 9.57 Å². The third-order valence-corrected chi connectivity index (χ3v) is 10.6. The summed E-state index contributed by atoms with van der Waals surface area (Å²) < 4.78 is 6.03. The number of cyclic esters (lactones) is 1. The van der Waals surface area contributed by atoms with Crippen molar-refractivity contribution in [1.82, 2.24) is 26.1 Å². The molecule has 7 N–H and O–H groups in total. The number of allylic oxidation sites excluding steroid dienone is 4. The summed E-state index contributed by atoms with van der Waals surface area (Å²) >= 11 is 0. The van der Waals surface area contributed by atoms with Crippen molar-refractivity contribution >= 4 is 23.7 Å². The standard InChI is InChI=1S/C43H65N5O10/c1-27(2)39-41(54)45-35(25-31-15-12-16-33(50)24-31)42(55)48-23-13-17-34(46-48)43(56)58-37(28(3)14-11-20-38(52)47(6)57-7)19-10-8-9-18-36(51)30(5)40(53)32(26-44-39)22-21-29(4)49/h8-12,14-16,18,20,24,27,29-30,32,34-37,39-40,44,46,49-51,53H,13,17,19,21-23,25-26H2,1-7H3,(H,45,54). The number of esters is 1. The van der Waals surface area contributed by atoms with Gasteiger partial charge in [-0.2, -0.15) is 0 Å². The summed E-state index contributed by atoms with van der Waals surface area (Å²) in [5, 5.41) is 51.6. The zero-order valence-electron chi connectivity index (χ0n) is 34.9. The van der Waals surface area contributed by atoms with Crippen molar-refractivity contribution in [2.45, 2.75) is 116 Å². The molecule has 0 aromatic heterocycles. The average molecular weight is 812 g/mol. The third-order valence-electron chi connectivity index (χ3n) is 10.6. The molecule has 1 fully saturated rings. The molecule has 1 saturated heterocycles. The number of hydrogen-bond donors (Lipinski definition) is 7. The Balaban J connectivity index is 2.04. The number of ether oxygens (including phenoxy) is 1. The van der Waals surface area contributed by atoms with Crippen LogP contribution in [0.5, 0.6) is 5.75 Å². The van der Waals surface area contributed by atoms with Crippen LogP contribution in [0.4, 0.5) is 0 Å².